The molecule has 0 spiro atoms. The van der Waals surface area contributed by atoms with E-state index in [1.165, 1.54) is 0 Å². The highest BCUT2D eigenvalue weighted by Gasteiger charge is 2.29. The number of benzene rings is 2. The fraction of sp³-hybridized carbons (Fsp3) is 0.500. The van der Waals surface area contributed by atoms with Gasteiger partial charge in [-0.2, -0.15) is 0 Å². The zero-order valence-corrected chi connectivity index (χ0v) is 25.1. The first-order valence-corrected chi connectivity index (χ1v) is 14.7. The van der Waals surface area contributed by atoms with Crippen molar-refractivity contribution in [3.05, 3.63) is 59.7 Å². The summed E-state index contributed by atoms with van der Waals surface area (Å²) in [5, 5.41) is 8.39. The maximum atomic E-state index is 13.4. The molecule has 2 aromatic rings. The zero-order chi connectivity index (χ0) is 30.5. The first-order valence-electron chi connectivity index (χ1n) is 14.7. The Morgan fingerprint density at radius 1 is 1.02 bits per heavy atom. The van der Waals surface area contributed by atoms with Gasteiger partial charge >= 0.3 is 0 Å². The average Bonchev–Trinajstić information content (AvgIpc) is 2.97. The minimum Gasteiger partial charge on any atom is -0.497 e. The summed E-state index contributed by atoms with van der Waals surface area (Å²) in [6, 6.07) is 12.1. The fourth-order valence-corrected chi connectivity index (χ4v) is 4.78. The summed E-state index contributed by atoms with van der Waals surface area (Å²) < 4.78 is 11.1. The highest BCUT2D eigenvalue weighted by atomic mass is 16.5. The van der Waals surface area contributed by atoms with Gasteiger partial charge in [0.2, 0.25) is 17.7 Å². The Morgan fingerprint density at radius 2 is 1.74 bits per heavy atom. The number of para-hydroxylation sites is 1. The van der Waals surface area contributed by atoms with E-state index < -0.39 is 29.8 Å². The van der Waals surface area contributed by atoms with Crippen LogP contribution in [0.25, 0.3) is 0 Å². The minimum absolute atomic E-state index is 0.158. The number of methoxy groups -OCH3 is 1. The van der Waals surface area contributed by atoms with E-state index in [9.17, 15) is 19.2 Å². The van der Waals surface area contributed by atoms with E-state index in [1.54, 1.807) is 55.5 Å². The minimum atomic E-state index is -1.18. The van der Waals surface area contributed by atoms with Crippen LogP contribution in [0.15, 0.2) is 48.5 Å². The van der Waals surface area contributed by atoms with Gasteiger partial charge in [-0.25, -0.2) is 0 Å². The molecule has 0 bridgehead atoms. The predicted octanol–water partition coefficient (Wildman–Crippen LogP) is 3.44. The second kappa shape index (κ2) is 16.4. The van der Waals surface area contributed by atoms with Gasteiger partial charge < -0.3 is 30.3 Å². The van der Waals surface area contributed by atoms with Crippen LogP contribution in [0.3, 0.4) is 0 Å². The first kappa shape index (κ1) is 32.4. The van der Waals surface area contributed by atoms with Crippen LogP contribution >= 0.6 is 0 Å². The zero-order valence-electron chi connectivity index (χ0n) is 25.1. The first-order chi connectivity index (χ1) is 20.2. The molecule has 0 unspecified atom stereocenters. The molecule has 2 aromatic carbocycles. The third-order valence-electron chi connectivity index (χ3n) is 7.13. The molecule has 0 aromatic heterocycles. The van der Waals surface area contributed by atoms with E-state index in [2.05, 4.69) is 16.0 Å². The molecular formula is C32H44N4O6. The van der Waals surface area contributed by atoms with Gasteiger partial charge in [0.25, 0.3) is 5.91 Å². The largest absolute Gasteiger partial charge is 0.497 e. The van der Waals surface area contributed by atoms with Gasteiger partial charge in [-0.1, -0.05) is 51.0 Å². The Morgan fingerprint density at radius 3 is 2.45 bits per heavy atom. The molecule has 10 heteroatoms. The molecule has 0 aliphatic carbocycles. The Labute approximate surface area is 248 Å². The maximum Gasteiger partial charge on any atom is 0.255 e. The molecule has 1 aliphatic rings. The van der Waals surface area contributed by atoms with Crippen LogP contribution in [0, 0.1) is 5.92 Å². The van der Waals surface area contributed by atoms with Crippen molar-refractivity contribution in [3.8, 4) is 11.5 Å². The van der Waals surface area contributed by atoms with Crippen LogP contribution in [0.5, 0.6) is 11.5 Å². The number of hydrogen-bond acceptors (Lipinski definition) is 6. The molecule has 0 fully saturated rings. The van der Waals surface area contributed by atoms with Crippen molar-refractivity contribution in [2.24, 2.45) is 5.92 Å². The van der Waals surface area contributed by atoms with Crippen molar-refractivity contribution in [2.45, 2.75) is 71.0 Å². The van der Waals surface area contributed by atoms with E-state index in [4.69, 9.17) is 9.47 Å². The molecule has 228 valence electrons. The molecule has 0 saturated heterocycles. The third-order valence-corrected chi connectivity index (χ3v) is 7.13. The number of amides is 4. The molecule has 0 radical (unpaired) electrons. The van der Waals surface area contributed by atoms with Gasteiger partial charge in [0.15, 0.2) is 0 Å². The quantitative estimate of drug-likeness (QED) is 0.481. The average molecular weight is 581 g/mol. The highest BCUT2D eigenvalue weighted by Crippen LogP contribution is 2.19. The van der Waals surface area contributed by atoms with Gasteiger partial charge in [-0.05, 0) is 55.0 Å². The van der Waals surface area contributed by atoms with Crippen molar-refractivity contribution in [3.63, 3.8) is 0 Å². The van der Waals surface area contributed by atoms with Crippen molar-refractivity contribution in [1.29, 1.82) is 0 Å². The maximum absolute atomic E-state index is 13.4. The van der Waals surface area contributed by atoms with Crippen molar-refractivity contribution in [1.82, 2.24) is 20.9 Å². The summed E-state index contributed by atoms with van der Waals surface area (Å²) in [4.78, 5) is 55.0. The molecule has 4 amide bonds. The van der Waals surface area contributed by atoms with Crippen LogP contribution in [-0.2, 0) is 20.9 Å². The van der Waals surface area contributed by atoms with Crippen molar-refractivity contribution < 1.29 is 28.7 Å². The number of rotatable bonds is 6. The van der Waals surface area contributed by atoms with Gasteiger partial charge in [0.1, 0.15) is 23.6 Å². The molecule has 1 aliphatic heterocycles. The summed E-state index contributed by atoms with van der Waals surface area (Å²) in [6.07, 6.45) is 3.60. The topological polar surface area (TPSA) is 126 Å². The Bertz CT molecular complexity index is 1200. The predicted molar refractivity (Wildman–Crippen MR) is 160 cm³/mol. The van der Waals surface area contributed by atoms with Crippen LogP contribution < -0.4 is 25.4 Å². The lowest BCUT2D eigenvalue weighted by Gasteiger charge is -2.27. The number of hydrogen-bond donors (Lipinski definition) is 3. The van der Waals surface area contributed by atoms with E-state index >= 15 is 0 Å². The molecule has 0 saturated carbocycles. The number of nitrogens with zero attached hydrogens (tertiary/aromatic N) is 1. The number of nitrogens with one attached hydrogen (secondary N) is 3. The van der Waals surface area contributed by atoms with Crippen molar-refractivity contribution >= 4 is 23.6 Å². The highest BCUT2D eigenvalue weighted by molar-refractivity contribution is 6.01. The number of carbonyl (C=O) groups excluding carboxylic acids is 4. The van der Waals surface area contributed by atoms with E-state index in [-0.39, 0.29) is 30.4 Å². The lowest BCUT2D eigenvalue weighted by atomic mass is 10.0. The standard InChI is InChI=1S/C32H44N4O6/c1-22(2)19-27-32(40)36(3)17-9-5-6-10-18-42-28-12-8-7-11-25(28)30(38)35-26(20-29(37)34-27)31(39)33-21-23-13-15-24(41-4)16-14-23/h7-8,11-16,22,26-27H,5-6,9-10,17-21H2,1-4H3,(H,33,39)(H,34,37)(H,35,38)/t26-,27-/m0/s1. The molecule has 3 N–H and O–H groups in total. The normalized spacial score (nSPS) is 19.5. The Kier molecular flexibility index (Phi) is 12.7. The van der Waals surface area contributed by atoms with Gasteiger partial charge in [0.05, 0.1) is 25.7 Å². The number of carbonyl (C=O) groups is 4. The summed E-state index contributed by atoms with van der Waals surface area (Å²) in [5.74, 6) is -0.456. The van der Waals surface area contributed by atoms with Crippen molar-refractivity contribution in [2.75, 3.05) is 27.3 Å². The van der Waals surface area contributed by atoms with E-state index in [0.717, 1.165) is 31.2 Å². The Balaban J connectivity index is 1.84. The van der Waals surface area contributed by atoms with Gasteiger partial charge in [-0.15, -0.1) is 0 Å². The number of likely N-dealkylation sites (N-methyl/N-ethyl adjacent to an activating group) is 1. The Hall–Kier alpha value is -4.08. The molecule has 42 heavy (non-hydrogen) atoms. The molecule has 1 heterocycles. The lowest BCUT2D eigenvalue weighted by Crippen LogP contribution is -2.52. The fourth-order valence-electron chi connectivity index (χ4n) is 4.78. The summed E-state index contributed by atoms with van der Waals surface area (Å²) in [6.45, 7) is 5.18. The second-order valence-corrected chi connectivity index (χ2v) is 11.1. The molecule has 2 atom stereocenters. The summed E-state index contributed by atoms with van der Waals surface area (Å²) >= 11 is 0. The number of ether oxygens (including phenoxy) is 2. The van der Waals surface area contributed by atoms with Crippen LogP contribution in [0.1, 0.15) is 68.3 Å². The smallest absolute Gasteiger partial charge is 0.255 e. The van der Waals surface area contributed by atoms with Crippen LogP contribution in [-0.4, -0.2) is 67.9 Å². The molecule has 3 rings (SSSR count). The van der Waals surface area contributed by atoms with E-state index in [0.29, 0.717) is 31.1 Å². The van der Waals surface area contributed by atoms with Gasteiger partial charge in [-0.3, -0.25) is 19.2 Å². The summed E-state index contributed by atoms with van der Waals surface area (Å²) in [7, 11) is 3.32. The second-order valence-electron chi connectivity index (χ2n) is 11.1. The van der Waals surface area contributed by atoms with Crippen LogP contribution in [0.4, 0.5) is 0 Å². The summed E-state index contributed by atoms with van der Waals surface area (Å²) in [5.41, 5.74) is 1.10. The number of fused-ring (bicyclic) bond motifs is 1. The monoisotopic (exact) mass is 580 g/mol. The SMILES string of the molecule is COc1ccc(CNC(=O)[C@@H]2CC(=O)N[C@@H](CC(C)C)C(=O)N(C)CCCCCCOc3ccccc3C(=O)N2)cc1. The van der Waals surface area contributed by atoms with Crippen LogP contribution in [0.2, 0.25) is 0 Å². The third kappa shape index (κ3) is 10.1. The molecular weight excluding hydrogens is 536 g/mol. The lowest BCUT2D eigenvalue weighted by molar-refractivity contribution is -0.136. The van der Waals surface area contributed by atoms with E-state index in [1.807, 2.05) is 26.0 Å². The molecule has 10 nitrogen and oxygen atoms in total. The van der Waals surface area contributed by atoms with Gasteiger partial charge in [0, 0.05) is 20.1 Å².